The zero-order valence-corrected chi connectivity index (χ0v) is 7.80. The molecule has 0 fully saturated rings. The highest BCUT2D eigenvalue weighted by atomic mass is 35.5. The summed E-state index contributed by atoms with van der Waals surface area (Å²) in [7, 11) is 0. The SMILES string of the molecule is Nc1ccc(Cl)c2[nH]c(C(=O)O)cc12. The summed E-state index contributed by atoms with van der Waals surface area (Å²) in [6.07, 6.45) is 0. The average molecular weight is 211 g/mol. The predicted molar refractivity (Wildman–Crippen MR) is 54.7 cm³/mol. The van der Waals surface area contributed by atoms with Crippen molar-refractivity contribution in [1.82, 2.24) is 4.98 Å². The van der Waals surface area contributed by atoms with Crippen molar-refractivity contribution in [3.8, 4) is 0 Å². The zero-order valence-electron chi connectivity index (χ0n) is 7.04. The summed E-state index contributed by atoms with van der Waals surface area (Å²) < 4.78 is 0. The molecule has 0 saturated heterocycles. The number of carboxylic acid groups (broad SMARTS) is 1. The minimum atomic E-state index is -1.03. The molecule has 4 N–H and O–H groups in total. The Balaban J connectivity index is 2.82. The van der Waals surface area contributed by atoms with Crippen molar-refractivity contribution in [1.29, 1.82) is 0 Å². The van der Waals surface area contributed by atoms with Crippen molar-refractivity contribution in [3.63, 3.8) is 0 Å². The number of fused-ring (bicyclic) bond motifs is 1. The van der Waals surface area contributed by atoms with Gasteiger partial charge in [-0.25, -0.2) is 4.79 Å². The minimum Gasteiger partial charge on any atom is -0.477 e. The van der Waals surface area contributed by atoms with Crippen LogP contribution in [-0.2, 0) is 0 Å². The van der Waals surface area contributed by atoms with Crippen LogP contribution < -0.4 is 5.73 Å². The molecule has 1 heterocycles. The number of carbonyl (C=O) groups is 1. The number of aromatic nitrogens is 1. The Bertz CT molecular complexity index is 480. The first kappa shape index (κ1) is 8.90. The van der Waals surface area contributed by atoms with E-state index in [1.807, 2.05) is 0 Å². The van der Waals surface area contributed by atoms with Crippen LogP contribution in [0.5, 0.6) is 0 Å². The Labute approximate surface area is 84.3 Å². The molecule has 0 unspecified atom stereocenters. The van der Waals surface area contributed by atoms with Crippen LogP contribution in [0.15, 0.2) is 18.2 Å². The fraction of sp³-hybridized carbons (Fsp3) is 0. The van der Waals surface area contributed by atoms with E-state index in [-0.39, 0.29) is 5.69 Å². The molecule has 4 nitrogen and oxygen atoms in total. The standard InChI is InChI=1S/C9H7ClN2O2/c10-5-1-2-6(11)4-3-7(9(13)14)12-8(4)5/h1-3,12H,11H2,(H,13,14). The number of aromatic amines is 1. The Morgan fingerprint density at radius 2 is 2.21 bits per heavy atom. The number of nitrogen functional groups attached to an aromatic ring is 1. The molecule has 0 spiro atoms. The fourth-order valence-corrected chi connectivity index (χ4v) is 1.53. The van der Waals surface area contributed by atoms with Gasteiger partial charge in [0.2, 0.25) is 0 Å². The van der Waals surface area contributed by atoms with E-state index < -0.39 is 5.97 Å². The van der Waals surface area contributed by atoms with Gasteiger partial charge in [-0.2, -0.15) is 0 Å². The first-order valence-electron chi connectivity index (χ1n) is 3.89. The molecule has 0 saturated carbocycles. The lowest BCUT2D eigenvalue weighted by Gasteiger charge is -1.96. The van der Waals surface area contributed by atoms with Crippen molar-refractivity contribution < 1.29 is 9.90 Å². The first-order valence-corrected chi connectivity index (χ1v) is 4.27. The summed E-state index contributed by atoms with van der Waals surface area (Å²) in [5.74, 6) is -1.03. The fourth-order valence-electron chi connectivity index (χ4n) is 1.32. The largest absolute Gasteiger partial charge is 0.477 e. The van der Waals surface area contributed by atoms with Gasteiger partial charge in [-0.3, -0.25) is 0 Å². The van der Waals surface area contributed by atoms with Crippen LogP contribution in [0.3, 0.4) is 0 Å². The van der Waals surface area contributed by atoms with Gasteiger partial charge < -0.3 is 15.8 Å². The van der Waals surface area contributed by atoms with Crippen molar-refractivity contribution in [3.05, 3.63) is 28.9 Å². The average Bonchev–Trinajstić information content (AvgIpc) is 2.57. The minimum absolute atomic E-state index is 0.0831. The molecule has 0 bridgehead atoms. The summed E-state index contributed by atoms with van der Waals surface area (Å²) in [4.78, 5) is 13.4. The third-order valence-corrected chi connectivity index (χ3v) is 2.32. The van der Waals surface area contributed by atoms with Crippen molar-refractivity contribution in [2.24, 2.45) is 0 Å². The normalized spacial score (nSPS) is 10.6. The lowest BCUT2D eigenvalue weighted by molar-refractivity contribution is 0.0691. The summed E-state index contributed by atoms with van der Waals surface area (Å²) in [6.45, 7) is 0. The first-order chi connectivity index (χ1) is 6.59. The van der Waals surface area contributed by atoms with Crippen LogP contribution >= 0.6 is 11.6 Å². The van der Waals surface area contributed by atoms with E-state index in [1.54, 1.807) is 12.1 Å². The van der Waals surface area contributed by atoms with Crippen LogP contribution in [0.2, 0.25) is 5.02 Å². The van der Waals surface area contributed by atoms with E-state index in [0.717, 1.165) is 0 Å². The van der Waals surface area contributed by atoms with E-state index in [4.69, 9.17) is 22.4 Å². The maximum atomic E-state index is 10.7. The van der Waals surface area contributed by atoms with Crippen molar-refractivity contribution in [2.45, 2.75) is 0 Å². The number of hydrogen-bond acceptors (Lipinski definition) is 2. The molecular weight excluding hydrogens is 204 g/mol. The molecule has 0 radical (unpaired) electrons. The molecular formula is C9H7ClN2O2. The number of halogens is 1. The summed E-state index contributed by atoms with van der Waals surface area (Å²) in [6, 6.07) is 4.74. The van der Waals surface area contributed by atoms with Gasteiger partial charge in [0.1, 0.15) is 5.69 Å². The van der Waals surface area contributed by atoms with E-state index in [0.29, 0.717) is 21.6 Å². The number of H-pyrrole nitrogens is 1. The van der Waals surface area contributed by atoms with E-state index in [1.165, 1.54) is 6.07 Å². The predicted octanol–water partition coefficient (Wildman–Crippen LogP) is 2.10. The summed E-state index contributed by atoms with van der Waals surface area (Å²) >= 11 is 5.87. The second-order valence-electron chi connectivity index (χ2n) is 2.91. The van der Waals surface area contributed by atoms with Gasteiger partial charge in [0.05, 0.1) is 10.5 Å². The van der Waals surface area contributed by atoms with E-state index in [2.05, 4.69) is 4.98 Å². The highest BCUT2D eigenvalue weighted by Crippen LogP contribution is 2.28. The lowest BCUT2D eigenvalue weighted by atomic mass is 10.2. The van der Waals surface area contributed by atoms with Crippen LogP contribution in [-0.4, -0.2) is 16.1 Å². The van der Waals surface area contributed by atoms with Gasteiger partial charge in [0.25, 0.3) is 0 Å². The van der Waals surface area contributed by atoms with Crippen molar-refractivity contribution in [2.75, 3.05) is 5.73 Å². The molecule has 0 aliphatic rings. The summed E-state index contributed by atoms with van der Waals surface area (Å²) in [5.41, 5.74) is 6.82. The Hall–Kier alpha value is -1.68. The van der Waals surface area contributed by atoms with Gasteiger partial charge in [-0.15, -0.1) is 0 Å². The number of benzene rings is 1. The van der Waals surface area contributed by atoms with Gasteiger partial charge in [-0.1, -0.05) is 11.6 Å². The van der Waals surface area contributed by atoms with E-state index in [9.17, 15) is 4.79 Å². The third kappa shape index (κ3) is 1.20. The Kier molecular flexibility index (Phi) is 1.86. The molecule has 0 aliphatic heterocycles. The number of rotatable bonds is 1. The Morgan fingerprint density at radius 3 is 2.79 bits per heavy atom. The number of hydrogen-bond donors (Lipinski definition) is 3. The number of nitrogens with one attached hydrogen (secondary N) is 1. The zero-order chi connectivity index (χ0) is 10.3. The van der Waals surface area contributed by atoms with E-state index >= 15 is 0 Å². The number of aromatic carboxylic acids is 1. The topological polar surface area (TPSA) is 79.1 Å². The maximum Gasteiger partial charge on any atom is 0.352 e. The van der Waals surface area contributed by atoms with Crippen molar-refractivity contribution >= 4 is 34.2 Å². The number of anilines is 1. The lowest BCUT2D eigenvalue weighted by Crippen LogP contribution is -1.94. The maximum absolute atomic E-state index is 10.7. The molecule has 2 rings (SSSR count). The van der Waals surface area contributed by atoms with Crippen LogP contribution in [0.4, 0.5) is 5.69 Å². The summed E-state index contributed by atoms with van der Waals surface area (Å²) in [5, 5.41) is 9.85. The quantitative estimate of drug-likeness (QED) is 0.631. The number of nitrogens with two attached hydrogens (primary N) is 1. The van der Waals surface area contributed by atoms with Crippen LogP contribution in [0, 0.1) is 0 Å². The second-order valence-corrected chi connectivity index (χ2v) is 3.32. The smallest absolute Gasteiger partial charge is 0.352 e. The molecule has 0 atom stereocenters. The molecule has 72 valence electrons. The third-order valence-electron chi connectivity index (χ3n) is 2.01. The van der Waals surface area contributed by atoms with Crippen LogP contribution in [0.25, 0.3) is 10.9 Å². The second kappa shape index (κ2) is 2.92. The van der Waals surface area contributed by atoms with Gasteiger partial charge in [0.15, 0.2) is 0 Å². The molecule has 1 aromatic carbocycles. The number of carboxylic acids is 1. The van der Waals surface area contributed by atoms with Gasteiger partial charge in [0, 0.05) is 11.1 Å². The molecule has 2 aromatic rings. The molecule has 0 aliphatic carbocycles. The monoisotopic (exact) mass is 210 g/mol. The van der Waals surface area contributed by atoms with Crippen LogP contribution in [0.1, 0.15) is 10.5 Å². The van der Waals surface area contributed by atoms with Gasteiger partial charge >= 0.3 is 5.97 Å². The molecule has 1 aromatic heterocycles. The highest BCUT2D eigenvalue weighted by molar-refractivity contribution is 6.35. The Morgan fingerprint density at radius 1 is 1.50 bits per heavy atom. The van der Waals surface area contributed by atoms with Gasteiger partial charge in [-0.05, 0) is 18.2 Å². The molecule has 14 heavy (non-hydrogen) atoms. The molecule has 5 heteroatoms. The highest BCUT2D eigenvalue weighted by Gasteiger charge is 2.11. The molecule has 0 amide bonds.